The Morgan fingerprint density at radius 1 is 1.03 bits per heavy atom. The van der Waals surface area contributed by atoms with Crippen LogP contribution in [0.3, 0.4) is 0 Å². The van der Waals surface area contributed by atoms with E-state index in [4.69, 9.17) is 5.11 Å². The largest absolute Gasteiger partial charge is 0.481 e. The average Bonchev–Trinajstić information content (AvgIpc) is 2.83. The molecule has 0 aromatic heterocycles. The Kier molecular flexibility index (Phi) is 9.56. The molecule has 1 N–H and O–H groups in total. The van der Waals surface area contributed by atoms with Gasteiger partial charge >= 0.3 is 5.97 Å². The Labute approximate surface area is 215 Å². The van der Waals surface area contributed by atoms with Crippen LogP contribution in [0.2, 0.25) is 0 Å². The summed E-state index contributed by atoms with van der Waals surface area (Å²) in [6, 6.07) is 7.81. The number of aryl methyl sites for hydroxylation is 1. The molecule has 0 bridgehead atoms. The second kappa shape index (κ2) is 12.6. The summed E-state index contributed by atoms with van der Waals surface area (Å²) in [5.41, 5.74) is 2.13. The Balaban J connectivity index is 1.56. The number of carbonyl (C=O) groups is 4. The zero-order valence-electron chi connectivity index (χ0n) is 20.5. The van der Waals surface area contributed by atoms with Gasteiger partial charge in [-0.05, 0) is 12.5 Å². The third kappa shape index (κ3) is 7.60. The lowest BCUT2D eigenvalue weighted by Gasteiger charge is -2.34. The number of hydrogen-bond acceptors (Lipinski definition) is 6. The molecule has 0 aliphatic carbocycles. The average molecular weight is 538 g/mol. The molecule has 3 rings (SSSR count). The van der Waals surface area contributed by atoms with Gasteiger partial charge in [0.15, 0.2) is 29.0 Å². The first-order valence-corrected chi connectivity index (χ1v) is 11.7. The molecule has 8 nitrogen and oxygen atoms in total. The van der Waals surface area contributed by atoms with Crippen LogP contribution in [0, 0.1) is 36.1 Å². The number of benzene rings is 2. The Bertz CT molecular complexity index is 1210. The fourth-order valence-electron chi connectivity index (χ4n) is 4.13. The van der Waals surface area contributed by atoms with Gasteiger partial charge in [0.25, 0.3) is 0 Å². The lowest BCUT2D eigenvalue weighted by molar-refractivity contribution is -0.143. The number of amides is 1. The molecule has 0 saturated carbocycles. The molecular formula is C26H26F4N2O6. The fraction of sp³-hybridized carbons (Fsp3) is 0.385. The molecule has 1 saturated heterocycles. The Hall–Kier alpha value is -3.80. The van der Waals surface area contributed by atoms with E-state index < -0.39 is 71.9 Å². The zero-order valence-corrected chi connectivity index (χ0v) is 20.5. The number of carboxylic acids is 1. The monoisotopic (exact) mass is 538 g/mol. The second-order valence-corrected chi connectivity index (χ2v) is 9.10. The number of ketones is 2. The smallest absolute Gasteiger partial charge is 0.304 e. The van der Waals surface area contributed by atoms with E-state index in [0.717, 1.165) is 11.1 Å². The highest BCUT2D eigenvalue weighted by atomic mass is 19.2. The van der Waals surface area contributed by atoms with Gasteiger partial charge in [0.1, 0.15) is 6.61 Å². The van der Waals surface area contributed by atoms with E-state index in [0.29, 0.717) is 13.1 Å². The minimum absolute atomic E-state index is 0.0328. The van der Waals surface area contributed by atoms with E-state index >= 15 is 0 Å². The molecular weight excluding hydrogens is 512 g/mol. The standard InChI is InChI=1S/C26H26F4N2O6/c1-15-3-2-4-16(7-15)11-31-5-6-32(22(35)13-31)12-18(33)8-17(9-23(36)37)21(34)14-38-26-24(29)19(27)10-20(28)25(26)30/h2-4,7,10,17H,5-6,8-9,11-14H2,1H3,(H,36,37)/t17-/m0/s1. The van der Waals surface area contributed by atoms with Crippen molar-refractivity contribution < 1.29 is 46.6 Å². The molecule has 1 aliphatic heterocycles. The van der Waals surface area contributed by atoms with Crippen LogP contribution in [-0.2, 0) is 25.7 Å². The predicted octanol–water partition coefficient (Wildman–Crippen LogP) is 2.89. The molecule has 12 heteroatoms. The minimum Gasteiger partial charge on any atom is -0.481 e. The van der Waals surface area contributed by atoms with Crippen molar-refractivity contribution in [2.45, 2.75) is 26.3 Å². The summed E-state index contributed by atoms with van der Waals surface area (Å²) in [6.45, 7) is 1.87. The fourth-order valence-corrected chi connectivity index (χ4v) is 4.13. The number of halogens is 4. The minimum atomic E-state index is -1.86. The van der Waals surface area contributed by atoms with Gasteiger partial charge in [-0.15, -0.1) is 0 Å². The van der Waals surface area contributed by atoms with Crippen molar-refractivity contribution in [2.75, 3.05) is 32.8 Å². The van der Waals surface area contributed by atoms with E-state index in [1.807, 2.05) is 36.1 Å². The first-order chi connectivity index (χ1) is 17.9. The summed E-state index contributed by atoms with van der Waals surface area (Å²) >= 11 is 0. The number of rotatable bonds is 12. The number of piperazine rings is 1. The molecule has 2 aromatic rings. The van der Waals surface area contributed by atoms with Gasteiger partial charge in [-0.25, -0.2) is 8.78 Å². The van der Waals surface area contributed by atoms with Crippen molar-refractivity contribution in [2.24, 2.45) is 5.92 Å². The van der Waals surface area contributed by atoms with Crippen LogP contribution < -0.4 is 4.74 Å². The SMILES string of the molecule is Cc1cccc(CN2CCN(CC(=O)C[C@@H](CC(=O)O)C(=O)COc3c(F)c(F)cc(F)c3F)C(=O)C2)c1. The predicted molar refractivity (Wildman–Crippen MR) is 125 cm³/mol. The molecule has 1 atom stereocenters. The van der Waals surface area contributed by atoms with Gasteiger partial charge in [-0.3, -0.25) is 24.1 Å². The van der Waals surface area contributed by atoms with Gasteiger partial charge in [-0.1, -0.05) is 29.8 Å². The van der Waals surface area contributed by atoms with Crippen molar-refractivity contribution in [3.05, 3.63) is 64.7 Å². The summed E-state index contributed by atoms with van der Waals surface area (Å²) in [4.78, 5) is 52.2. The maximum Gasteiger partial charge on any atom is 0.304 e. The highest BCUT2D eigenvalue weighted by molar-refractivity contribution is 5.93. The summed E-state index contributed by atoms with van der Waals surface area (Å²) < 4.78 is 58.9. The molecule has 1 heterocycles. The first-order valence-electron chi connectivity index (χ1n) is 11.7. The highest BCUT2D eigenvalue weighted by Gasteiger charge is 2.30. The second-order valence-electron chi connectivity index (χ2n) is 9.10. The Morgan fingerprint density at radius 2 is 1.71 bits per heavy atom. The molecule has 204 valence electrons. The maximum atomic E-state index is 13.8. The molecule has 1 aliphatic rings. The lowest BCUT2D eigenvalue weighted by atomic mass is 9.94. The number of aliphatic carboxylic acids is 1. The number of nitrogens with zero attached hydrogens (tertiary/aromatic N) is 2. The van der Waals surface area contributed by atoms with Crippen molar-refractivity contribution in [1.29, 1.82) is 0 Å². The van der Waals surface area contributed by atoms with E-state index in [1.165, 1.54) is 4.90 Å². The van der Waals surface area contributed by atoms with Gasteiger partial charge in [0, 0.05) is 38.0 Å². The number of hydrogen-bond donors (Lipinski definition) is 1. The summed E-state index contributed by atoms with van der Waals surface area (Å²) in [6.07, 6.45) is -1.37. The molecule has 0 radical (unpaired) electrons. The van der Waals surface area contributed by atoms with Crippen LogP contribution in [0.5, 0.6) is 5.75 Å². The molecule has 0 spiro atoms. The molecule has 1 amide bonds. The van der Waals surface area contributed by atoms with Gasteiger partial charge in [0.2, 0.25) is 17.5 Å². The molecule has 0 unspecified atom stereocenters. The van der Waals surface area contributed by atoms with Gasteiger partial charge < -0.3 is 14.7 Å². The molecule has 2 aromatic carbocycles. The van der Waals surface area contributed by atoms with E-state index in [-0.39, 0.29) is 31.6 Å². The van der Waals surface area contributed by atoms with Crippen LogP contribution in [0.15, 0.2) is 30.3 Å². The molecule has 38 heavy (non-hydrogen) atoms. The summed E-state index contributed by atoms with van der Waals surface area (Å²) in [5, 5.41) is 9.13. The maximum absolute atomic E-state index is 13.8. The van der Waals surface area contributed by atoms with Crippen LogP contribution in [-0.4, -0.2) is 71.1 Å². The van der Waals surface area contributed by atoms with Crippen LogP contribution in [0.4, 0.5) is 17.6 Å². The normalized spacial score (nSPS) is 14.9. The lowest BCUT2D eigenvalue weighted by Crippen LogP contribution is -2.51. The van der Waals surface area contributed by atoms with Gasteiger partial charge in [-0.2, -0.15) is 8.78 Å². The topological polar surface area (TPSA) is 104 Å². The van der Waals surface area contributed by atoms with E-state index in [1.54, 1.807) is 0 Å². The number of Topliss-reactive ketones (excluding diaryl/α,β-unsaturated/α-hetero) is 2. The van der Waals surface area contributed by atoms with Crippen molar-refractivity contribution in [3.63, 3.8) is 0 Å². The summed E-state index contributed by atoms with van der Waals surface area (Å²) in [5.74, 6) is -13.5. The Morgan fingerprint density at radius 3 is 2.32 bits per heavy atom. The number of ether oxygens (including phenoxy) is 1. The van der Waals surface area contributed by atoms with Crippen LogP contribution in [0.25, 0.3) is 0 Å². The van der Waals surface area contributed by atoms with Crippen molar-refractivity contribution in [1.82, 2.24) is 9.80 Å². The highest BCUT2D eigenvalue weighted by Crippen LogP contribution is 2.27. The first kappa shape index (κ1) is 28.8. The zero-order chi connectivity index (χ0) is 28.0. The van der Waals surface area contributed by atoms with Crippen molar-refractivity contribution in [3.8, 4) is 5.75 Å². The van der Waals surface area contributed by atoms with Gasteiger partial charge in [0.05, 0.1) is 19.5 Å². The van der Waals surface area contributed by atoms with Crippen LogP contribution in [0.1, 0.15) is 24.0 Å². The molecule has 1 fully saturated rings. The quantitative estimate of drug-likeness (QED) is 0.327. The summed E-state index contributed by atoms with van der Waals surface area (Å²) in [7, 11) is 0. The number of carboxylic acid groups (broad SMARTS) is 1. The van der Waals surface area contributed by atoms with Crippen LogP contribution >= 0.6 is 0 Å². The third-order valence-electron chi connectivity index (χ3n) is 6.03. The number of carbonyl (C=O) groups excluding carboxylic acids is 3. The van der Waals surface area contributed by atoms with E-state index in [9.17, 15) is 36.7 Å². The van der Waals surface area contributed by atoms with E-state index in [2.05, 4.69) is 4.74 Å². The van der Waals surface area contributed by atoms with Crippen molar-refractivity contribution >= 4 is 23.4 Å². The third-order valence-corrected chi connectivity index (χ3v) is 6.03.